The third kappa shape index (κ3) is 4.25. The van der Waals surface area contributed by atoms with Crippen molar-refractivity contribution in [1.29, 1.82) is 0 Å². The Labute approximate surface area is 115 Å². The molecule has 0 aliphatic carbocycles. The van der Waals surface area contributed by atoms with Crippen molar-refractivity contribution in [2.24, 2.45) is 5.41 Å². The lowest BCUT2D eigenvalue weighted by Gasteiger charge is -2.29. The highest BCUT2D eigenvalue weighted by Crippen LogP contribution is 2.30. The minimum Gasteiger partial charge on any atom is -0.316 e. The van der Waals surface area contributed by atoms with Crippen molar-refractivity contribution in [3.05, 3.63) is 34.6 Å². The largest absolute Gasteiger partial charge is 0.316 e. The van der Waals surface area contributed by atoms with Gasteiger partial charge in [0.1, 0.15) is 5.82 Å². The number of benzene rings is 1. The molecule has 18 heavy (non-hydrogen) atoms. The predicted octanol–water partition coefficient (Wildman–Crippen LogP) is 4.44. The molecule has 0 saturated heterocycles. The molecular formula is C15H23ClFN. The van der Waals surface area contributed by atoms with Crippen LogP contribution in [0.4, 0.5) is 4.39 Å². The van der Waals surface area contributed by atoms with E-state index in [0.29, 0.717) is 0 Å². The van der Waals surface area contributed by atoms with Crippen LogP contribution in [0.2, 0.25) is 5.02 Å². The average Bonchev–Trinajstić information content (AvgIpc) is 2.35. The van der Waals surface area contributed by atoms with Gasteiger partial charge in [-0.2, -0.15) is 0 Å². The Morgan fingerprint density at radius 2 is 2.06 bits per heavy atom. The van der Waals surface area contributed by atoms with Crippen molar-refractivity contribution in [3.63, 3.8) is 0 Å². The van der Waals surface area contributed by atoms with E-state index in [1.54, 1.807) is 6.07 Å². The smallest absolute Gasteiger partial charge is 0.142 e. The van der Waals surface area contributed by atoms with E-state index in [0.717, 1.165) is 37.9 Å². The summed E-state index contributed by atoms with van der Waals surface area (Å²) in [4.78, 5) is 0. The van der Waals surface area contributed by atoms with Crippen LogP contribution in [-0.4, -0.2) is 13.1 Å². The molecule has 0 aliphatic rings. The highest BCUT2D eigenvalue weighted by atomic mass is 35.5. The SMILES string of the molecule is CCCNCC(C)(CC)Cc1cccc(F)c1Cl. The molecule has 102 valence electrons. The van der Waals surface area contributed by atoms with Gasteiger partial charge in [-0.05, 0) is 42.9 Å². The van der Waals surface area contributed by atoms with Crippen LogP contribution in [0, 0.1) is 11.2 Å². The minimum absolute atomic E-state index is 0.118. The van der Waals surface area contributed by atoms with Crippen LogP contribution in [0.1, 0.15) is 39.2 Å². The average molecular weight is 272 g/mol. The van der Waals surface area contributed by atoms with Gasteiger partial charge in [-0.15, -0.1) is 0 Å². The Morgan fingerprint density at radius 3 is 2.67 bits per heavy atom. The van der Waals surface area contributed by atoms with Gasteiger partial charge in [0, 0.05) is 6.54 Å². The van der Waals surface area contributed by atoms with E-state index >= 15 is 0 Å². The maximum atomic E-state index is 13.4. The van der Waals surface area contributed by atoms with Crippen LogP contribution >= 0.6 is 11.6 Å². The van der Waals surface area contributed by atoms with Gasteiger partial charge >= 0.3 is 0 Å². The quantitative estimate of drug-likeness (QED) is 0.723. The summed E-state index contributed by atoms with van der Waals surface area (Å²) in [6.07, 6.45) is 2.97. The van der Waals surface area contributed by atoms with Crippen LogP contribution in [0.25, 0.3) is 0 Å². The van der Waals surface area contributed by atoms with Crippen LogP contribution in [0.15, 0.2) is 18.2 Å². The van der Waals surface area contributed by atoms with Crippen molar-refractivity contribution in [2.75, 3.05) is 13.1 Å². The zero-order valence-corrected chi connectivity index (χ0v) is 12.3. The van der Waals surface area contributed by atoms with Crippen molar-refractivity contribution in [3.8, 4) is 0 Å². The number of halogens is 2. The van der Waals surface area contributed by atoms with Gasteiger partial charge in [-0.3, -0.25) is 0 Å². The molecule has 0 aliphatic heterocycles. The summed E-state index contributed by atoms with van der Waals surface area (Å²) >= 11 is 6.02. The second-order valence-electron chi connectivity index (χ2n) is 5.23. The molecule has 0 saturated carbocycles. The van der Waals surface area contributed by atoms with Crippen LogP contribution in [0.3, 0.4) is 0 Å². The molecule has 1 aromatic rings. The Balaban J connectivity index is 2.75. The highest BCUT2D eigenvalue weighted by molar-refractivity contribution is 6.31. The topological polar surface area (TPSA) is 12.0 Å². The summed E-state index contributed by atoms with van der Waals surface area (Å²) in [7, 11) is 0. The first-order valence-corrected chi connectivity index (χ1v) is 7.04. The summed E-state index contributed by atoms with van der Waals surface area (Å²) < 4.78 is 13.4. The van der Waals surface area contributed by atoms with E-state index in [-0.39, 0.29) is 16.3 Å². The lowest BCUT2D eigenvalue weighted by atomic mass is 9.81. The molecule has 1 aromatic carbocycles. The molecule has 1 nitrogen and oxygen atoms in total. The zero-order chi connectivity index (χ0) is 13.6. The number of nitrogens with one attached hydrogen (secondary N) is 1. The van der Waals surface area contributed by atoms with Gasteiger partial charge in [-0.25, -0.2) is 4.39 Å². The number of hydrogen-bond donors (Lipinski definition) is 1. The van der Waals surface area contributed by atoms with Crippen LogP contribution in [0.5, 0.6) is 0 Å². The summed E-state index contributed by atoms with van der Waals surface area (Å²) in [5.41, 5.74) is 1.02. The molecule has 0 spiro atoms. The standard InChI is InChI=1S/C15H23ClFN/c1-4-9-18-11-15(3,5-2)10-12-7-6-8-13(17)14(12)16/h6-8,18H,4-5,9-11H2,1-3H3. The first-order valence-electron chi connectivity index (χ1n) is 6.66. The molecular weight excluding hydrogens is 249 g/mol. The fraction of sp³-hybridized carbons (Fsp3) is 0.600. The Morgan fingerprint density at radius 1 is 1.33 bits per heavy atom. The number of hydrogen-bond acceptors (Lipinski definition) is 1. The Hall–Kier alpha value is -0.600. The molecule has 1 atom stereocenters. The molecule has 3 heteroatoms. The van der Waals surface area contributed by atoms with E-state index in [9.17, 15) is 4.39 Å². The van der Waals surface area contributed by atoms with Gasteiger partial charge in [-0.1, -0.05) is 44.5 Å². The normalized spacial score (nSPS) is 14.5. The van der Waals surface area contributed by atoms with Crippen LogP contribution < -0.4 is 5.32 Å². The fourth-order valence-corrected chi connectivity index (χ4v) is 2.22. The lowest BCUT2D eigenvalue weighted by molar-refractivity contribution is 0.290. The van der Waals surface area contributed by atoms with Gasteiger partial charge in [0.25, 0.3) is 0 Å². The third-order valence-corrected chi connectivity index (χ3v) is 3.90. The maximum absolute atomic E-state index is 13.4. The maximum Gasteiger partial charge on any atom is 0.142 e. The Kier molecular flexibility index (Phi) is 6.10. The van der Waals surface area contributed by atoms with Crippen molar-refractivity contribution < 1.29 is 4.39 Å². The van der Waals surface area contributed by atoms with Crippen molar-refractivity contribution in [1.82, 2.24) is 5.32 Å². The molecule has 1 unspecified atom stereocenters. The van der Waals surface area contributed by atoms with Crippen molar-refractivity contribution in [2.45, 2.75) is 40.0 Å². The van der Waals surface area contributed by atoms with E-state index in [2.05, 4.69) is 26.1 Å². The summed E-state index contributed by atoms with van der Waals surface area (Å²) in [5.74, 6) is -0.325. The first-order chi connectivity index (χ1) is 8.52. The Bertz CT molecular complexity index is 381. The molecule has 1 N–H and O–H groups in total. The van der Waals surface area contributed by atoms with E-state index in [1.807, 2.05) is 6.07 Å². The molecule has 1 rings (SSSR count). The summed E-state index contributed by atoms with van der Waals surface area (Å²) in [5, 5.41) is 3.72. The molecule has 0 amide bonds. The van der Waals surface area contributed by atoms with E-state index in [4.69, 9.17) is 11.6 Å². The molecule has 0 radical (unpaired) electrons. The lowest BCUT2D eigenvalue weighted by Crippen LogP contribution is -2.33. The summed E-state index contributed by atoms with van der Waals surface area (Å²) in [6, 6.07) is 5.05. The molecule has 0 fully saturated rings. The zero-order valence-electron chi connectivity index (χ0n) is 11.5. The first kappa shape index (κ1) is 15.5. The predicted molar refractivity (Wildman–Crippen MR) is 76.7 cm³/mol. The minimum atomic E-state index is -0.325. The molecule has 0 heterocycles. The second-order valence-corrected chi connectivity index (χ2v) is 5.61. The molecule has 0 aromatic heterocycles. The third-order valence-electron chi connectivity index (χ3n) is 3.48. The van der Waals surface area contributed by atoms with E-state index < -0.39 is 0 Å². The van der Waals surface area contributed by atoms with Crippen LogP contribution in [-0.2, 0) is 6.42 Å². The van der Waals surface area contributed by atoms with Gasteiger partial charge in [0.2, 0.25) is 0 Å². The molecule has 0 bridgehead atoms. The monoisotopic (exact) mass is 271 g/mol. The van der Waals surface area contributed by atoms with Crippen molar-refractivity contribution >= 4 is 11.6 Å². The fourth-order valence-electron chi connectivity index (χ4n) is 2.02. The highest BCUT2D eigenvalue weighted by Gasteiger charge is 2.23. The van der Waals surface area contributed by atoms with E-state index in [1.165, 1.54) is 6.07 Å². The second kappa shape index (κ2) is 7.10. The van der Waals surface area contributed by atoms with Gasteiger partial charge in [0.15, 0.2) is 0 Å². The van der Waals surface area contributed by atoms with Gasteiger partial charge < -0.3 is 5.32 Å². The van der Waals surface area contributed by atoms with Gasteiger partial charge in [0.05, 0.1) is 5.02 Å². The summed E-state index contributed by atoms with van der Waals surface area (Å²) in [6.45, 7) is 8.49. The number of rotatable bonds is 7.